The van der Waals surface area contributed by atoms with Gasteiger partial charge in [-0.3, -0.25) is 0 Å². The van der Waals surface area contributed by atoms with Gasteiger partial charge in [-0.05, 0) is 12.8 Å². The average Bonchev–Trinajstić information content (AvgIpc) is 2.93. The minimum Gasteiger partial charge on any atom is -0.396 e. The third kappa shape index (κ3) is 1.72. The molecule has 0 amide bonds. The topological polar surface area (TPSA) is 89.8 Å². The van der Waals surface area contributed by atoms with Crippen LogP contribution in [0.2, 0.25) is 5.15 Å². The molecule has 0 aliphatic heterocycles. The number of hydrogen-bond acceptors (Lipinski definition) is 5. The number of anilines is 1. The highest BCUT2D eigenvalue weighted by molar-refractivity contribution is 6.33. The number of halogens is 1. The van der Waals surface area contributed by atoms with Crippen molar-refractivity contribution in [2.75, 3.05) is 12.3 Å². The molecule has 2 aromatic rings. The van der Waals surface area contributed by atoms with Gasteiger partial charge in [0.1, 0.15) is 5.52 Å². The van der Waals surface area contributed by atoms with Crippen LogP contribution in [0, 0.1) is 5.92 Å². The largest absolute Gasteiger partial charge is 0.396 e. The number of aliphatic hydroxyl groups is 1. The number of hydrogen-bond donors (Lipinski definition) is 2. The fraction of sp³-hybridized carbons (Fsp3) is 0.545. The van der Waals surface area contributed by atoms with Gasteiger partial charge in [-0.25, -0.2) is 4.98 Å². The van der Waals surface area contributed by atoms with Crippen molar-refractivity contribution in [2.24, 2.45) is 5.92 Å². The van der Waals surface area contributed by atoms with E-state index in [1.165, 1.54) is 0 Å². The molecule has 0 saturated heterocycles. The molecule has 1 aliphatic carbocycles. The highest BCUT2D eigenvalue weighted by Crippen LogP contribution is 2.37. The first kappa shape index (κ1) is 11.7. The van der Waals surface area contributed by atoms with E-state index in [2.05, 4.69) is 15.0 Å². The maximum atomic E-state index is 9.40. The maximum Gasteiger partial charge on any atom is 0.223 e. The minimum atomic E-state index is 0.146. The summed E-state index contributed by atoms with van der Waals surface area (Å²) in [5, 5.41) is 9.67. The number of imidazole rings is 1. The molecule has 0 unspecified atom stereocenters. The fourth-order valence-corrected chi connectivity index (χ4v) is 2.96. The highest BCUT2D eigenvalue weighted by atomic mass is 35.5. The lowest BCUT2D eigenvalue weighted by Crippen LogP contribution is -2.17. The molecular weight excluding hydrogens is 254 g/mol. The number of nitrogens with two attached hydrogens (primary N) is 1. The van der Waals surface area contributed by atoms with E-state index in [1.807, 2.05) is 4.57 Å². The summed E-state index contributed by atoms with van der Waals surface area (Å²) >= 11 is 6.00. The minimum absolute atomic E-state index is 0.146. The average molecular weight is 268 g/mol. The van der Waals surface area contributed by atoms with Gasteiger partial charge in [-0.2, -0.15) is 9.97 Å². The van der Waals surface area contributed by atoms with Crippen molar-refractivity contribution in [2.45, 2.75) is 25.3 Å². The van der Waals surface area contributed by atoms with Crippen LogP contribution in [0.4, 0.5) is 5.95 Å². The standard InChI is InChI=1S/C11H14ClN5O/c12-9-8-10(16-11(13)15-9)17(5-14-8)7-3-1-2-6(7)4-18/h5-7,18H,1-4H2,(H2,13,15,16)/t6-,7+/m0/s1. The second kappa shape index (κ2) is 4.37. The molecular formula is C11H14ClN5O. The van der Waals surface area contributed by atoms with E-state index in [0.717, 1.165) is 19.3 Å². The molecule has 3 rings (SSSR count). The van der Waals surface area contributed by atoms with Gasteiger partial charge in [0.15, 0.2) is 10.8 Å². The van der Waals surface area contributed by atoms with Gasteiger partial charge in [0.25, 0.3) is 0 Å². The molecule has 7 heteroatoms. The molecule has 0 spiro atoms. The van der Waals surface area contributed by atoms with E-state index in [0.29, 0.717) is 11.2 Å². The second-order valence-electron chi connectivity index (χ2n) is 4.64. The van der Waals surface area contributed by atoms with Crippen LogP contribution in [-0.2, 0) is 0 Å². The lowest BCUT2D eigenvalue weighted by atomic mass is 10.1. The van der Waals surface area contributed by atoms with E-state index in [9.17, 15) is 5.11 Å². The second-order valence-corrected chi connectivity index (χ2v) is 5.00. The Morgan fingerprint density at radius 2 is 2.28 bits per heavy atom. The summed E-state index contributed by atoms with van der Waals surface area (Å²) in [5.41, 5.74) is 6.84. The van der Waals surface area contributed by atoms with Crippen molar-refractivity contribution >= 4 is 28.7 Å². The van der Waals surface area contributed by atoms with Gasteiger partial charge in [-0.15, -0.1) is 0 Å². The van der Waals surface area contributed by atoms with E-state index < -0.39 is 0 Å². The lowest BCUT2D eigenvalue weighted by molar-refractivity contribution is 0.197. The number of aliphatic hydroxyl groups excluding tert-OH is 1. The lowest BCUT2D eigenvalue weighted by Gasteiger charge is -2.19. The molecule has 96 valence electrons. The van der Waals surface area contributed by atoms with Gasteiger partial charge in [-0.1, -0.05) is 18.0 Å². The Balaban J connectivity index is 2.12. The van der Waals surface area contributed by atoms with Crippen LogP contribution in [0.1, 0.15) is 25.3 Å². The van der Waals surface area contributed by atoms with Crippen molar-refractivity contribution < 1.29 is 5.11 Å². The molecule has 0 bridgehead atoms. The summed E-state index contributed by atoms with van der Waals surface area (Å²) in [5.74, 6) is 0.394. The van der Waals surface area contributed by atoms with E-state index in [1.54, 1.807) is 6.33 Å². The number of nitrogen functional groups attached to an aromatic ring is 1. The molecule has 0 radical (unpaired) electrons. The molecule has 2 aromatic heterocycles. The monoisotopic (exact) mass is 267 g/mol. The Morgan fingerprint density at radius 1 is 1.44 bits per heavy atom. The Bertz CT molecular complexity index is 584. The van der Waals surface area contributed by atoms with E-state index in [4.69, 9.17) is 17.3 Å². The zero-order valence-electron chi connectivity index (χ0n) is 9.75. The normalized spacial score (nSPS) is 23.9. The van der Waals surface area contributed by atoms with Crippen LogP contribution in [0.25, 0.3) is 11.2 Å². The number of fused-ring (bicyclic) bond motifs is 1. The van der Waals surface area contributed by atoms with Gasteiger partial charge < -0.3 is 15.4 Å². The summed E-state index contributed by atoms with van der Waals surface area (Å²) in [7, 11) is 0. The third-order valence-corrected chi connectivity index (χ3v) is 3.87. The molecule has 2 atom stereocenters. The molecule has 3 N–H and O–H groups in total. The molecule has 2 heterocycles. The van der Waals surface area contributed by atoms with Crippen molar-refractivity contribution in [3.05, 3.63) is 11.5 Å². The summed E-state index contributed by atoms with van der Waals surface area (Å²) in [6, 6.07) is 0.213. The van der Waals surface area contributed by atoms with Gasteiger partial charge in [0, 0.05) is 18.6 Å². The van der Waals surface area contributed by atoms with Crippen LogP contribution in [0.5, 0.6) is 0 Å². The Kier molecular flexibility index (Phi) is 2.83. The number of aromatic nitrogens is 4. The van der Waals surface area contributed by atoms with E-state index >= 15 is 0 Å². The zero-order chi connectivity index (χ0) is 12.7. The molecule has 6 nitrogen and oxygen atoms in total. The van der Waals surface area contributed by atoms with Crippen molar-refractivity contribution in [1.29, 1.82) is 0 Å². The SMILES string of the molecule is Nc1nc(Cl)c2ncn([C@@H]3CCC[C@H]3CO)c2n1. The van der Waals surface area contributed by atoms with Crippen LogP contribution in [-0.4, -0.2) is 31.2 Å². The van der Waals surface area contributed by atoms with Crippen LogP contribution < -0.4 is 5.73 Å². The quantitative estimate of drug-likeness (QED) is 0.803. The zero-order valence-corrected chi connectivity index (χ0v) is 10.5. The first-order valence-corrected chi connectivity index (χ1v) is 6.35. The molecule has 1 aliphatic rings. The Hall–Kier alpha value is -1.40. The summed E-state index contributed by atoms with van der Waals surface area (Å²) < 4.78 is 1.97. The first-order valence-electron chi connectivity index (χ1n) is 5.97. The Labute approximate surface area is 109 Å². The third-order valence-electron chi connectivity index (χ3n) is 3.61. The highest BCUT2D eigenvalue weighted by Gasteiger charge is 2.29. The van der Waals surface area contributed by atoms with Gasteiger partial charge >= 0.3 is 0 Å². The predicted molar refractivity (Wildman–Crippen MR) is 68.2 cm³/mol. The predicted octanol–water partition coefficient (Wildman–Crippen LogP) is 1.40. The summed E-state index contributed by atoms with van der Waals surface area (Å²) in [6.07, 6.45) is 4.85. The van der Waals surface area contributed by atoms with Crippen molar-refractivity contribution in [3.63, 3.8) is 0 Å². The van der Waals surface area contributed by atoms with Crippen LogP contribution >= 0.6 is 11.6 Å². The fourth-order valence-electron chi connectivity index (χ4n) is 2.74. The molecule has 1 saturated carbocycles. The van der Waals surface area contributed by atoms with Gasteiger partial charge in [0.2, 0.25) is 5.95 Å². The summed E-state index contributed by atoms with van der Waals surface area (Å²) in [4.78, 5) is 12.3. The van der Waals surface area contributed by atoms with Crippen molar-refractivity contribution in [3.8, 4) is 0 Å². The molecule has 1 fully saturated rings. The van der Waals surface area contributed by atoms with Gasteiger partial charge in [0.05, 0.1) is 6.33 Å². The van der Waals surface area contributed by atoms with E-state index in [-0.39, 0.29) is 29.7 Å². The summed E-state index contributed by atoms with van der Waals surface area (Å²) in [6.45, 7) is 0.179. The van der Waals surface area contributed by atoms with Crippen LogP contribution in [0.15, 0.2) is 6.33 Å². The smallest absolute Gasteiger partial charge is 0.223 e. The van der Waals surface area contributed by atoms with Crippen molar-refractivity contribution in [1.82, 2.24) is 19.5 Å². The van der Waals surface area contributed by atoms with Crippen LogP contribution in [0.3, 0.4) is 0 Å². The molecule has 18 heavy (non-hydrogen) atoms. The maximum absolute atomic E-state index is 9.40. The number of rotatable bonds is 2. The molecule has 0 aromatic carbocycles. The Morgan fingerprint density at radius 3 is 3.06 bits per heavy atom. The number of nitrogens with zero attached hydrogens (tertiary/aromatic N) is 4. The first-order chi connectivity index (χ1) is 8.70.